The maximum Gasteiger partial charge on any atom is 0.257 e. The zero-order chi connectivity index (χ0) is 16.8. The second-order valence-corrected chi connectivity index (χ2v) is 10.6. The van der Waals surface area contributed by atoms with Crippen LogP contribution in [0.3, 0.4) is 0 Å². The van der Waals surface area contributed by atoms with Crippen LogP contribution in [0.5, 0.6) is 0 Å². The molecule has 1 aliphatic heterocycles. The lowest BCUT2D eigenvalue weighted by Crippen LogP contribution is -2.45. The Morgan fingerprint density at radius 3 is 2.58 bits per heavy atom. The molecule has 1 aromatic heterocycles. The molecule has 0 N–H and O–H groups in total. The summed E-state index contributed by atoms with van der Waals surface area (Å²) in [5.41, 5.74) is 0.950. The molecule has 0 amide bonds. The number of benzene rings is 1. The second kappa shape index (κ2) is 5.82. The van der Waals surface area contributed by atoms with Crippen LogP contribution < -0.4 is 5.30 Å². The zero-order valence-corrected chi connectivity index (χ0v) is 15.1. The molecule has 1 aromatic carbocycles. The van der Waals surface area contributed by atoms with Crippen LogP contribution in [0.4, 0.5) is 0 Å². The Labute approximate surface area is 142 Å². The molecule has 24 heavy (non-hydrogen) atoms. The van der Waals surface area contributed by atoms with Gasteiger partial charge in [0.2, 0.25) is 0 Å². The van der Waals surface area contributed by atoms with Gasteiger partial charge in [0.1, 0.15) is 7.14 Å². The van der Waals surface area contributed by atoms with Gasteiger partial charge in [0.25, 0.3) is 5.89 Å². The van der Waals surface area contributed by atoms with Crippen molar-refractivity contribution in [3.8, 4) is 11.5 Å². The van der Waals surface area contributed by atoms with Gasteiger partial charge in [-0.3, -0.25) is 0 Å². The van der Waals surface area contributed by atoms with Crippen LogP contribution in [0.2, 0.25) is 0 Å². The zero-order valence-electron chi connectivity index (χ0n) is 14.2. The van der Waals surface area contributed by atoms with E-state index >= 15 is 0 Å². The van der Waals surface area contributed by atoms with Gasteiger partial charge in [-0.15, -0.1) is 0 Å². The van der Waals surface area contributed by atoms with Gasteiger partial charge in [-0.1, -0.05) is 17.3 Å². The van der Waals surface area contributed by atoms with Crippen molar-refractivity contribution in [2.45, 2.75) is 43.6 Å². The van der Waals surface area contributed by atoms with Crippen LogP contribution in [0.15, 0.2) is 28.8 Å². The summed E-state index contributed by atoms with van der Waals surface area (Å²) in [5.74, 6) is 1.65. The summed E-state index contributed by atoms with van der Waals surface area (Å²) in [6.45, 7) is 4.33. The summed E-state index contributed by atoms with van der Waals surface area (Å²) in [7, 11) is -2.24. The molecule has 1 saturated carbocycles. The van der Waals surface area contributed by atoms with E-state index in [1.165, 1.54) is 6.42 Å². The topological polar surface area (TPSA) is 65.2 Å². The average molecular weight is 346 g/mol. The molecule has 2 aliphatic rings. The predicted molar refractivity (Wildman–Crippen MR) is 93.3 cm³/mol. The van der Waals surface area contributed by atoms with Gasteiger partial charge in [-0.05, 0) is 57.6 Å². The summed E-state index contributed by atoms with van der Waals surface area (Å²) in [6, 6.07) is 7.59. The minimum absolute atomic E-state index is 0.0781. The first-order valence-corrected chi connectivity index (χ1v) is 11.2. The molecule has 2 aromatic rings. The van der Waals surface area contributed by atoms with E-state index in [2.05, 4.69) is 10.1 Å². The minimum atomic E-state index is -2.24. The molecule has 128 valence electrons. The van der Waals surface area contributed by atoms with Crippen LogP contribution in [-0.4, -0.2) is 35.7 Å². The fourth-order valence-corrected chi connectivity index (χ4v) is 4.52. The van der Waals surface area contributed by atoms with Crippen molar-refractivity contribution in [1.29, 1.82) is 0 Å². The lowest BCUT2D eigenvalue weighted by atomic mass is 9.72. The Bertz CT molecular complexity index is 774. The Kier molecular flexibility index (Phi) is 3.89. The Hall–Kier alpha value is -1.45. The monoisotopic (exact) mass is 346 g/mol. The van der Waals surface area contributed by atoms with E-state index in [1.54, 1.807) is 13.3 Å². The number of hydrogen-bond donors (Lipinski definition) is 0. The van der Waals surface area contributed by atoms with Gasteiger partial charge >= 0.3 is 0 Å². The van der Waals surface area contributed by atoms with E-state index in [4.69, 9.17) is 9.26 Å². The molecule has 1 atom stereocenters. The Morgan fingerprint density at radius 2 is 1.96 bits per heavy atom. The average Bonchev–Trinajstić information content (AvgIpc) is 3.03. The van der Waals surface area contributed by atoms with Crippen molar-refractivity contribution in [2.75, 3.05) is 19.9 Å². The molecular weight excluding hydrogens is 323 g/mol. The maximum atomic E-state index is 12.1. The highest BCUT2D eigenvalue weighted by Gasteiger charge is 2.44. The van der Waals surface area contributed by atoms with Crippen LogP contribution in [0.1, 0.15) is 43.8 Å². The smallest absolute Gasteiger partial charge is 0.257 e. The van der Waals surface area contributed by atoms with Crippen LogP contribution >= 0.6 is 7.14 Å². The Balaban J connectivity index is 1.53. The maximum absolute atomic E-state index is 12.1. The molecule has 1 spiro atoms. The SMILES string of the molecule is CP(C)(=O)c1ccc(-c2nc(C3CCOC4(CCC4)C3)no2)cc1. The minimum Gasteiger partial charge on any atom is -0.375 e. The normalized spacial score (nSPS) is 23.2. The van der Waals surface area contributed by atoms with Crippen molar-refractivity contribution in [3.63, 3.8) is 0 Å². The van der Waals surface area contributed by atoms with Crippen molar-refractivity contribution < 1.29 is 13.8 Å². The number of aromatic nitrogens is 2. The summed E-state index contributed by atoms with van der Waals surface area (Å²) in [4.78, 5) is 4.62. The van der Waals surface area contributed by atoms with Gasteiger partial charge in [0, 0.05) is 23.4 Å². The van der Waals surface area contributed by atoms with Gasteiger partial charge in [-0.25, -0.2) is 0 Å². The van der Waals surface area contributed by atoms with Gasteiger partial charge < -0.3 is 13.8 Å². The van der Waals surface area contributed by atoms with E-state index in [1.807, 2.05) is 24.3 Å². The number of ether oxygens (including phenoxy) is 1. The Morgan fingerprint density at radius 1 is 1.21 bits per heavy atom. The molecule has 1 aliphatic carbocycles. The lowest BCUT2D eigenvalue weighted by Gasteiger charge is -2.46. The predicted octanol–water partition coefficient (Wildman–Crippen LogP) is 3.80. The van der Waals surface area contributed by atoms with E-state index in [0.29, 0.717) is 11.8 Å². The third-order valence-electron chi connectivity index (χ3n) is 5.30. The molecule has 5 nitrogen and oxygen atoms in total. The second-order valence-electron chi connectivity index (χ2n) is 7.43. The highest BCUT2D eigenvalue weighted by molar-refractivity contribution is 7.70. The third kappa shape index (κ3) is 2.96. The molecule has 6 heteroatoms. The molecule has 2 heterocycles. The first kappa shape index (κ1) is 16.0. The first-order valence-electron chi connectivity index (χ1n) is 8.59. The van der Waals surface area contributed by atoms with Gasteiger partial charge in [0.05, 0.1) is 5.60 Å². The van der Waals surface area contributed by atoms with Crippen molar-refractivity contribution in [3.05, 3.63) is 30.1 Å². The molecule has 0 radical (unpaired) electrons. The van der Waals surface area contributed by atoms with Crippen LogP contribution in [0, 0.1) is 0 Å². The van der Waals surface area contributed by atoms with E-state index in [-0.39, 0.29) is 5.60 Å². The highest BCUT2D eigenvalue weighted by atomic mass is 31.2. The molecule has 2 fully saturated rings. The standard InChI is InChI=1S/C18H23N2O3P/c1-24(2,21)15-6-4-13(5-7-15)17-19-16(20-23-17)14-8-11-22-18(12-14)9-3-10-18/h4-7,14H,3,8-12H2,1-2H3. The quantitative estimate of drug-likeness (QED) is 0.791. The fraction of sp³-hybridized carbons (Fsp3) is 0.556. The van der Waals surface area contributed by atoms with E-state index < -0.39 is 7.14 Å². The van der Waals surface area contributed by atoms with Crippen molar-refractivity contribution in [2.24, 2.45) is 0 Å². The highest BCUT2D eigenvalue weighted by Crippen LogP contribution is 2.46. The summed E-state index contributed by atoms with van der Waals surface area (Å²) < 4.78 is 23.6. The summed E-state index contributed by atoms with van der Waals surface area (Å²) in [6.07, 6.45) is 5.52. The first-order chi connectivity index (χ1) is 11.5. The van der Waals surface area contributed by atoms with Gasteiger partial charge in [0.15, 0.2) is 5.82 Å². The lowest BCUT2D eigenvalue weighted by molar-refractivity contribution is -0.134. The fourth-order valence-electron chi connectivity index (χ4n) is 3.65. The number of hydrogen-bond acceptors (Lipinski definition) is 5. The molecule has 1 saturated heterocycles. The number of rotatable bonds is 3. The summed E-state index contributed by atoms with van der Waals surface area (Å²) >= 11 is 0. The molecular formula is C18H23N2O3P. The van der Waals surface area contributed by atoms with Crippen molar-refractivity contribution in [1.82, 2.24) is 10.1 Å². The van der Waals surface area contributed by atoms with Crippen LogP contribution in [-0.2, 0) is 9.30 Å². The van der Waals surface area contributed by atoms with Crippen molar-refractivity contribution >= 4 is 12.4 Å². The van der Waals surface area contributed by atoms with E-state index in [9.17, 15) is 4.57 Å². The third-order valence-corrected chi connectivity index (χ3v) is 6.84. The molecule has 1 unspecified atom stereocenters. The van der Waals surface area contributed by atoms with E-state index in [0.717, 1.165) is 49.0 Å². The van der Waals surface area contributed by atoms with Crippen LogP contribution in [0.25, 0.3) is 11.5 Å². The molecule has 4 rings (SSSR count). The summed E-state index contributed by atoms with van der Waals surface area (Å²) in [5, 5.41) is 5.08. The number of nitrogens with zero attached hydrogens (tertiary/aromatic N) is 2. The van der Waals surface area contributed by atoms with Gasteiger partial charge in [-0.2, -0.15) is 4.98 Å². The largest absolute Gasteiger partial charge is 0.375 e. The molecule has 0 bridgehead atoms.